The number of hydrogen-bond acceptors (Lipinski definition) is 4. The highest BCUT2D eigenvalue weighted by atomic mass is 16.6. The molecular weight excluding hydrogens is 208 g/mol. The first-order chi connectivity index (χ1) is 7.72. The summed E-state index contributed by atoms with van der Waals surface area (Å²) in [6, 6.07) is 9.48. The molecule has 0 N–H and O–H groups in total. The molecule has 0 saturated carbocycles. The third-order valence-corrected chi connectivity index (χ3v) is 2.21. The standard InChI is InChI=1S/C11H6N2O3/c14-7-12-9-4-5-10-8(6-9)2-1-3-11(10)13(15)16/h1-6H. The highest BCUT2D eigenvalue weighted by molar-refractivity contribution is 5.92. The monoisotopic (exact) mass is 214 g/mol. The van der Waals surface area contributed by atoms with Crippen molar-refractivity contribution in [1.29, 1.82) is 0 Å². The number of rotatable bonds is 2. The number of hydrogen-bond donors (Lipinski definition) is 0. The molecule has 0 atom stereocenters. The zero-order valence-electron chi connectivity index (χ0n) is 8.08. The van der Waals surface area contributed by atoms with Crippen molar-refractivity contribution in [3.63, 3.8) is 0 Å². The third-order valence-electron chi connectivity index (χ3n) is 2.21. The largest absolute Gasteiger partial charge is 0.277 e. The van der Waals surface area contributed by atoms with Crippen molar-refractivity contribution < 1.29 is 9.72 Å². The van der Waals surface area contributed by atoms with E-state index in [1.54, 1.807) is 30.3 Å². The molecule has 2 aromatic carbocycles. The minimum Gasteiger partial charge on any atom is -0.258 e. The number of non-ortho nitro benzene ring substituents is 1. The van der Waals surface area contributed by atoms with Crippen LogP contribution in [0.4, 0.5) is 11.4 Å². The van der Waals surface area contributed by atoms with Crippen molar-refractivity contribution >= 4 is 28.2 Å². The van der Waals surface area contributed by atoms with Crippen molar-refractivity contribution in [3.8, 4) is 0 Å². The lowest BCUT2D eigenvalue weighted by Crippen LogP contribution is -1.88. The molecule has 0 radical (unpaired) electrons. The fraction of sp³-hybridized carbons (Fsp3) is 0. The fourth-order valence-corrected chi connectivity index (χ4v) is 1.54. The molecule has 2 rings (SSSR count). The Balaban J connectivity index is 2.73. The van der Waals surface area contributed by atoms with Gasteiger partial charge >= 0.3 is 0 Å². The molecule has 0 bridgehead atoms. The summed E-state index contributed by atoms with van der Waals surface area (Å²) < 4.78 is 0. The van der Waals surface area contributed by atoms with Crippen LogP contribution in [0.3, 0.4) is 0 Å². The van der Waals surface area contributed by atoms with E-state index in [0.29, 0.717) is 16.5 Å². The van der Waals surface area contributed by atoms with Crippen LogP contribution in [0.25, 0.3) is 10.8 Å². The molecule has 5 nitrogen and oxygen atoms in total. The van der Waals surface area contributed by atoms with Gasteiger partial charge in [-0.1, -0.05) is 12.1 Å². The Labute approximate surface area is 90.2 Å². The lowest BCUT2D eigenvalue weighted by molar-refractivity contribution is -0.383. The van der Waals surface area contributed by atoms with E-state index in [1.165, 1.54) is 12.1 Å². The Morgan fingerprint density at radius 2 is 2.06 bits per heavy atom. The second-order valence-corrected chi connectivity index (χ2v) is 3.14. The van der Waals surface area contributed by atoms with Gasteiger partial charge in [0.05, 0.1) is 16.0 Å². The summed E-state index contributed by atoms with van der Waals surface area (Å²) in [6.45, 7) is 0. The molecular formula is C11H6N2O3. The molecule has 0 aromatic heterocycles. The molecule has 0 aliphatic carbocycles. The van der Waals surface area contributed by atoms with E-state index < -0.39 is 4.92 Å². The van der Waals surface area contributed by atoms with Gasteiger partial charge in [0.2, 0.25) is 6.08 Å². The number of nitro groups is 1. The van der Waals surface area contributed by atoms with Gasteiger partial charge in [-0.25, -0.2) is 4.79 Å². The quantitative estimate of drug-likeness (QED) is 0.334. The third kappa shape index (κ3) is 1.67. The van der Waals surface area contributed by atoms with Crippen LogP contribution in [-0.4, -0.2) is 11.0 Å². The van der Waals surface area contributed by atoms with Crippen LogP contribution in [0.1, 0.15) is 0 Å². The summed E-state index contributed by atoms with van der Waals surface area (Å²) in [4.78, 5) is 23.8. The maximum Gasteiger partial charge on any atom is 0.277 e. The van der Waals surface area contributed by atoms with Gasteiger partial charge < -0.3 is 0 Å². The number of carbonyl (C=O) groups excluding carboxylic acids is 1. The van der Waals surface area contributed by atoms with Crippen LogP contribution < -0.4 is 0 Å². The van der Waals surface area contributed by atoms with Crippen molar-refractivity contribution in [2.75, 3.05) is 0 Å². The number of nitrogens with zero attached hydrogens (tertiary/aromatic N) is 2. The Hall–Kier alpha value is -2.52. The Bertz CT molecular complexity index is 616. The van der Waals surface area contributed by atoms with Gasteiger partial charge in [0.25, 0.3) is 5.69 Å². The van der Waals surface area contributed by atoms with Gasteiger partial charge in [0, 0.05) is 6.07 Å². The van der Waals surface area contributed by atoms with E-state index in [4.69, 9.17) is 0 Å². The maximum absolute atomic E-state index is 10.7. The van der Waals surface area contributed by atoms with Crippen molar-refractivity contribution in [2.24, 2.45) is 4.99 Å². The number of isocyanates is 1. The Morgan fingerprint density at radius 3 is 2.75 bits per heavy atom. The SMILES string of the molecule is O=C=Nc1ccc2c([N+](=O)[O-])cccc2c1. The molecule has 5 heteroatoms. The van der Waals surface area contributed by atoms with Crippen LogP contribution >= 0.6 is 0 Å². The molecule has 0 unspecified atom stereocenters. The van der Waals surface area contributed by atoms with E-state index in [1.807, 2.05) is 0 Å². The number of aliphatic imine (C=N–C) groups is 1. The molecule has 0 amide bonds. The molecule has 16 heavy (non-hydrogen) atoms. The van der Waals surface area contributed by atoms with E-state index in [-0.39, 0.29) is 5.69 Å². The zero-order valence-corrected chi connectivity index (χ0v) is 8.08. The molecule has 78 valence electrons. The molecule has 2 aromatic rings. The molecule has 0 fully saturated rings. The summed E-state index contributed by atoms with van der Waals surface area (Å²) in [6.07, 6.45) is 1.43. The number of benzene rings is 2. The Kier molecular flexibility index (Phi) is 2.45. The minimum absolute atomic E-state index is 0.0409. The lowest BCUT2D eigenvalue weighted by Gasteiger charge is -1.99. The molecule has 0 heterocycles. The predicted molar refractivity (Wildman–Crippen MR) is 58.4 cm³/mol. The normalized spacial score (nSPS) is 9.75. The molecule has 0 aliphatic rings. The van der Waals surface area contributed by atoms with Crippen LogP contribution in [0.5, 0.6) is 0 Å². The maximum atomic E-state index is 10.7. The molecule has 0 aliphatic heterocycles. The van der Waals surface area contributed by atoms with E-state index >= 15 is 0 Å². The highest BCUT2D eigenvalue weighted by Gasteiger charge is 2.10. The van der Waals surface area contributed by atoms with E-state index in [0.717, 1.165) is 0 Å². The first kappa shape index (κ1) is 10.0. The Morgan fingerprint density at radius 1 is 1.25 bits per heavy atom. The second-order valence-electron chi connectivity index (χ2n) is 3.14. The van der Waals surface area contributed by atoms with Crippen molar-refractivity contribution in [1.82, 2.24) is 0 Å². The predicted octanol–water partition coefficient (Wildman–Crippen LogP) is 2.72. The number of fused-ring (bicyclic) bond motifs is 1. The van der Waals surface area contributed by atoms with Crippen LogP contribution in [0.15, 0.2) is 41.4 Å². The van der Waals surface area contributed by atoms with Crippen molar-refractivity contribution in [2.45, 2.75) is 0 Å². The fourth-order valence-electron chi connectivity index (χ4n) is 1.54. The van der Waals surface area contributed by atoms with E-state index in [9.17, 15) is 14.9 Å². The first-order valence-electron chi connectivity index (χ1n) is 4.47. The van der Waals surface area contributed by atoms with Crippen LogP contribution in [0.2, 0.25) is 0 Å². The molecule has 0 spiro atoms. The molecule has 0 saturated heterocycles. The minimum atomic E-state index is -0.439. The van der Waals surface area contributed by atoms with E-state index in [2.05, 4.69) is 4.99 Å². The topological polar surface area (TPSA) is 72.6 Å². The average Bonchev–Trinajstić information content (AvgIpc) is 2.28. The zero-order chi connectivity index (χ0) is 11.5. The number of nitro benzene ring substituents is 1. The summed E-state index contributed by atoms with van der Waals surface area (Å²) in [5, 5.41) is 11.9. The van der Waals surface area contributed by atoms with Gasteiger partial charge in [-0.2, -0.15) is 4.99 Å². The summed E-state index contributed by atoms with van der Waals surface area (Å²) in [7, 11) is 0. The van der Waals surface area contributed by atoms with Gasteiger partial charge in [0.1, 0.15) is 0 Å². The van der Waals surface area contributed by atoms with Crippen LogP contribution in [-0.2, 0) is 4.79 Å². The van der Waals surface area contributed by atoms with Crippen molar-refractivity contribution in [3.05, 3.63) is 46.5 Å². The van der Waals surface area contributed by atoms with Crippen LogP contribution in [0, 0.1) is 10.1 Å². The second kappa shape index (κ2) is 3.92. The van der Waals surface area contributed by atoms with Gasteiger partial charge in [-0.15, -0.1) is 0 Å². The van der Waals surface area contributed by atoms with Gasteiger partial charge in [-0.3, -0.25) is 10.1 Å². The summed E-state index contributed by atoms with van der Waals surface area (Å²) in [5.41, 5.74) is 0.474. The summed E-state index contributed by atoms with van der Waals surface area (Å²) >= 11 is 0. The summed E-state index contributed by atoms with van der Waals surface area (Å²) in [5.74, 6) is 0. The van der Waals surface area contributed by atoms with Gasteiger partial charge in [0.15, 0.2) is 0 Å². The average molecular weight is 214 g/mol. The highest BCUT2D eigenvalue weighted by Crippen LogP contribution is 2.28. The smallest absolute Gasteiger partial charge is 0.258 e. The van der Waals surface area contributed by atoms with Gasteiger partial charge in [-0.05, 0) is 23.6 Å². The first-order valence-corrected chi connectivity index (χ1v) is 4.47. The lowest BCUT2D eigenvalue weighted by atomic mass is 10.1.